The van der Waals surface area contributed by atoms with Crippen molar-refractivity contribution in [2.75, 3.05) is 4.31 Å². The van der Waals surface area contributed by atoms with Gasteiger partial charge in [0.2, 0.25) is 0 Å². The Kier molecular flexibility index (Phi) is 5.27. The van der Waals surface area contributed by atoms with E-state index in [9.17, 15) is 13.2 Å². The fourth-order valence-corrected chi connectivity index (χ4v) is 5.70. The number of hydrogen-bond donors (Lipinski definition) is 0. The minimum Gasteiger partial charge on any atom is -0.461 e. The number of benzene rings is 3. The summed E-state index contributed by atoms with van der Waals surface area (Å²) in [5.41, 5.74) is 2.31. The third kappa shape index (κ3) is 3.59. The predicted octanol–water partition coefficient (Wildman–Crippen LogP) is 6.00. The molecule has 0 saturated heterocycles. The lowest BCUT2D eigenvalue weighted by atomic mass is 9.96. The molecule has 32 heavy (non-hydrogen) atoms. The zero-order valence-electron chi connectivity index (χ0n) is 17.1. The van der Waals surface area contributed by atoms with Crippen LogP contribution in [0.2, 0.25) is 5.02 Å². The molecule has 0 unspecified atom stereocenters. The molecule has 0 fully saturated rings. The van der Waals surface area contributed by atoms with Gasteiger partial charge in [0.1, 0.15) is 11.3 Å². The summed E-state index contributed by atoms with van der Waals surface area (Å²) in [6.45, 7) is 0. The van der Waals surface area contributed by atoms with E-state index in [2.05, 4.69) is 0 Å². The van der Waals surface area contributed by atoms with E-state index >= 15 is 0 Å². The molecule has 1 aliphatic carbocycles. The molecule has 1 heterocycles. The van der Waals surface area contributed by atoms with Gasteiger partial charge in [-0.1, -0.05) is 29.8 Å². The second kappa shape index (κ2) is 8.11. The van der Waals surface area contributed by atoms with Crippen LogP contribution < -0.4 is 4.31 Å². The number of carbonyl (C=O) groups excluding carboxylic acids is 1. The van der Waals surface area contributed by atoms with Crippen molar-refractivity contribution >= 4 is 44.2 Å². The van der Waals surface area contributed by atoms with Gasteiger partial charge in [-0.25, -0.2) is 8.42 Å². The smallest absolute Gasteiger partial charge is 0.272 e. The first-order valence-electron chi connectivity index (χ1n) is 10.4. The fourth-order valence-electron chi connectivity index (χ4n) is 4.15. The molecule has 0 atom stereocenters. The van der Waals surface area contributed by atoms with Crippen molar-refractivity contribution in [1.29, 1.82) is 0 Å². The number of anilines is 1. The molecular formula is C25H20ClNO4S. The summed E-state index contributed by atoms with van der Waals surface area (Å²) in [5, 5.41) is 1.32. The number of carbonyl (C=O) groups is 1. The maximum Gasteiger partial charge on any atom is 0.272 e. The lowest BCUT2D eigenvalue weighted by Gasteiger charge is -2.23. The molecule has 3 aromatic carbocycles. The number of sulfonamides is 1. The average molecular weight is 466 g/mol. The van der Waals surface area contributed by atoms with Crippen molar-refractivity contribution in [3.05, 3.63) is 94.7 Å². The number of aryl methyl sites for hydroxylation is 2. The number of nitrogens with zero attached hydrogens (tertiary/aromatic N) is 1. The third-order valence-corrected chi connectivity index (χ3v) is 7.71. The highest BCUT2D eigenvalue weighted by molar-refractivity contribution is 7.93. The summed E-state index contributed by atoms with van der Waals surface area (Å²) in [7, 11) is -4.16. The normalized spacial score (nSPS) is 13.7. The molecular weight excluding hydrogens is 446 g/mol. The largest absolute Gasteiger partial charge is 0.461 e. The van der Waals surface area contributed by atoms with E-state index in [1.165, 1.54) is 24.3 Å². The highest BCUT2D eigenvalue weighted by Gasteiger charge is 2.32. The van der Waals surface area contributed by atoms with E-state index in [0.29, 0.717) is 10.6 Å². The molecule has 5 nitrogen and oxygen atoms in total. The Bertz CT molecular complexity index is 1410. The lowest BCUT2D eigenvalue weighted by molar-refractivity contribution is 0.101. The van der Waals surface area contributed by atoms with Crippen LogP contribution >= 0.6 is 11.6 Å². The van der Waals surface area contributed by atoms with Gasteiger partial charge in [-0.3, -0.25) is 4.79 Å². The minimum absolute atomic E-state index is 0.0385. The maximum absolute atomic E-state index is 13.6. The molecule has 0 N–H and O–H groups in total. The van der Waals surface area contributed by atoms with Crippen molar-refractivity contribution < 1.29 is 17.6 Å². The maximum atomic E-state index is 13.6. The van der Waals surface area contributed by atoms with E-state index < -0.39 is 15.9 Å². The van der Waals surface area contributed by atoms with Gasteiger partial charge in [0.25, 0.3) is 15.9 Å². The van der Waals surface area contributed by atoms with E-state index in [0.717, 1.165) is 46.7 Å². The van der Waals surface area contributed by atoms with Crippen LogP contribution in [0.5, 0.6) is 0 Å². The zero-order valence-corrected chi connectivity index (χ0v) is 18.7. The summed E-state index contributed by atoms with van der Waals surface area (Å²) in [6, 6.07) is 19.2. The first-order chi connectivity index (χ1) is 15.4. The highest BCUT2D eigenvalue weighted by atomic mass is 35.5. The van der Waals surface area contributed by atoms with Gasteiger partial charge < -0.3 is 4.42 Å². The van der Waals surface area contributed by atoms with Crippen LogP contribution in [0.15, 0.2) is 82.1 Å². The molecule has 0 aliphatic heterocycles. The standard InChI is InChI=1S/C25H20ClNO4S/c26-18-12-10-17(11-13-18)25(28)27(32(29,30)20-6-2-1-3-7-20)19-14-15-24-22(16-19)21-8-4-5-9-23(21)31-24/h1-3,6-7,10-16H,4-5,8-9H2. The van der Waals surface area contributed by atoms with Crippen LogP contribution in [0.3, 0.4) is 0 Å². The SMILES string of the molecule is O=C(c1ccc(Cl)cc1)N(c1ccc2oc3c(c2c1)CCCC3)S(=O)(=O)c1ccccc1. The van der Waals surface area contributed by atoms with Crippen LogP contribution in [0, 0.1) is 0 Å². The van der Waals surface area contributed by atoms with Crippen LogP contribution in [0.25, 0.3) is 11.0 Å². The average Bonchev–Trinajstić information content (AvgIpc) is 3.18. The van der Waals surface area contributed by atoms with Gasteiger partial charge in [0.15, 0.2) is 0 Å². The number of hydrogen-bond acceptors (Lipinski definition) is 4. The van der Waals surface area contributed by atoms with Crippen molar-refractivity contribution in [3.63, 3.8) is 0 Å². The Morgan fingerprint density at radius 2 is 1.62 bits per heavy atom. The summed E-state index contributed by atoms with van der Waals surface area (Å²) < 4.78 is 34.1. The van der Waals surface area contributed by atoms with Crippen molar-refractivity contribution in [3.8, 4) is 0 Å². The quantitative estimate of drug-likeness (QED) is 0.370. The Balaban J connectivity index is 1.69. The minimum atomic E-state index is -4.16. The number of furan rings is 1. The Morgan fingerprint density at radius 1 is 0.906 bits per heavy atom. The molecule has 7 heteroatoms. The van der Waals surface area contributed by atoms with Crippen LogP contribution in [-0.2, 0) is 22.9 Å². The third-order valence-electron chi connectivity index (χ3n) is 5.73. The molecule has 4 aromatic rings. The Hall–Kier alpha value is -3.09. The lowest BCUT2D eigenvalue weighted by Crippen LogP contribution is -2.37. The van der Waals surface area contributed by atoms with Crippen molar-refractivity contribution in [2.45, 2.75) is 30.6 Å². The number of halogens is 1. The topological polar surface area (TPSA) is 67.6 Å². The van der Waals surface area contributed by atoms with Crippen LogP contribution in [0.1, 0.15) is 34.5 Å². The molecule has 162 valence electrons. The molecule has 1 aromatic heterocycles. The molecule has 0 saturated carbocycles. The summed E-state index contributed by atoms with van der Waals surface area (Å²) in [6.07, 6.45) is 3.88. The first-order valence-corrected chi connectivity index (χ1v) is 12.2. The molecule has 5 rings (SSSR count). The second-order valence-corrected chi connectivity index (χ2v) is 10.0. The summed E-state index contributed by atoms with van der Waals surface area (Å²) in [5.74, 6) is 0.298. The van der Waals surface area contributed by atoms with Gasteiger partial charge >= 0.3 is 0 Å². The number of rotatable bonds is 4. The molecule has 0 radical (unpaired) electrons. The second-order valence-electron chi connectivity index (χ2n) is 7.79. The van der Waals surface area contributed by atoms with Crippen LogP contribution in [-0.4, -0.2) is 14.3 Å². The van der Waals surface area contributed by atoms with E-state index in [1.807, 2.05) is 0 Å². The predicted molar refractivity (Wildman–Crippen MR) is 125 cm³/mol. The van der Waals surface area contributed by atoms with Gasteiger partial charge in [-0.05, 0) is 73.9 Å². The number of fused-ring (bicyclic) bond motifs is 3. The molecule has 0 bridgehead atoms. The molecule has 1 amide bonds. The molecule has 1 aliphatic rings. The van der Waals surface area contributed by atoms with E-state index in [4.69, 9.17) is 16.0 Å². The summed E-state index contributed by atoms with van der Waals surface area (Å²) >= 11 is 5.97. The molecule has 0 spiro atoms. The summed E-state index contributed by atoms with van der Waals surface area (Å²) in [4.78, 5) is 13.6. The Morgan fingerprint density at radius 3 is 2.38 bits per heavy atom. The number of amides is 1. The zero-order chi connectivity index (χ0) is 22.3. The van der Waals surface area contributed by atoms with E-state index in [1.54, 1.807) is 48.5 Å². The van der Waals surface area contributed by atoms with Gasteiger partial charge in [0.05, 0.1) is 10.6 Å². The highest BCUT2D eigenvalue weighted by Crippen LogP contribution is 2.36. The van der Waals surface area contributed by atoms with Crippen molar-refractivity contribution in [2.24, 2.45) is 0 Å². The van der Waals surface area contributed by atoms with E-state index in [-0.39, 0.29) is 16.1 Å². The Labute approximate surface area is 191 Å². The van der Waals surface area contributed by atoms with Gasteiger partial charge in [-0.2, -0.15) is 4.31 Å². The van der Waals surface area contributed by atoms with Crippen molar-refractivity contribution in [1.82, 2.24) is 0 Å². The van der Waals surface area contributed by atoms with Gasteiger partial charge in [-0.15, -0.1) is 0 Å². The monoisotopic (exact) mass is 465 g/mol. The van der Waals surface area contributed by atoms with Gasteiger partial charge in [0, 0.05) is 28.0 Å². The van der Waals surface area contributed by atoms with Crippen LogP contribution in [0.4, 0.5) is 5.69 Å². The fraction of sp³-hybridized carbons (Fsp3) is 0.160. The first kappa shape index (κ1) is 20.8.